The second-order valence-corrected chi connectivity index (χ2v) is 10.6. The second-order valence-electron chi connectivity index (χ2n) is 10.6. The van der Waals surface area contributed by atoms with E-state index < -0.39 is 17.7 Å². The summed E-state index contributed by atoms with van der Waals surface area (Å²) in [5.41, 5.74) is 3.10. The summed E-state index contributed by atoms with van der Waals surface area (Å²) >= 11 is 0. The van der Waals surface area contributed by atoms with Gasteiger partial charge in [0.25, 0.3) is 0 Å². The van der Waals surface area contributed by atoms with Crippen LogP contribution in [0.2, 0.25) is 0 Å². The van der Waals surface area contributed by atoms with Crippen LogP contribution < -0.4 is 10.6 Å². The molecule has 4 rings (SSSR count). The third kappa shape index (κ3) is 5.70. The third-order valence-electron chi connectivity index (χ3n) is 6.08. The number of amides is 2. The van der Waals surface area contributed by atoms with Gasteiger partial charge >= 0.3 is 6.09 Å². The lowest BCUT2D eigenvalue weighted by Gasteiger charge is -2.26. The largest absolute Gasteiger partial charge is 0.444 e. The summed E-state index contributed by atoms with van der Waals surface area (Å²) in [7, 11) is 1.97. The monoisotopic (exact) mass is 489 g/mol. The van der Waals surface area contributed by atoms with Crippen LogP contribution in [0.3, 0.4) is 0 Å². The molecule has 190 valence electrons. The fourth-order valence-electron chi connectivity index (χ4n) is 4.39. The van der Waals surface area contributed by atoms with Crippen LogP contribution in [0.4, 0.5) is 4.79 Å². The van der Waals surface area contributed by atoms with Crippen molar-refractivity contribution in [2.45, 2.75) is 58.7 Å². The molecule has 2 atom stereocenters. The maximum atomic E-state index is 13.7. The number of nitrogens with zero attached hydrogens (tertiary/aromatic N) is 2. The average Bonchev–Trinajstić information content (AvgIpc) is 3.36. The van der Waals surface area contributed by atoms with Crippen molar-refractivity contribution in [1.29, 1.82) is 0 Å². The van der Waals surface area contributed by atoms with Gasteiger partial charge in [0.15, 0.2) is 0 Å². The van der Waals surface area contributed by atoms with Crippen molar-refractivity contribution in [3.63, 3.8) is 0 Å². The molecule has 0 bridgehead atoms. The molecule has 8 heteroatoms. The summed E-state index contributed by atoms with van der Waals surface area (Å²) in [6, 6.07) is 14.6. The Morgan fingerprint density at radius 2 is 1.75 bits per heavy atom. The van der Waals surface area contributed by atoms with Gasteiger partial charge < -0.3 is 24.9 Å². The topological polar surface area (TPSA) is 101 Å². The number of hydrogen-bond donors (Lipinski definition) is 3. The molecule has 0 aliphatic carbocycles. The molecule has 0 saturated carbocycles. The highest BCUT2D eigenvalue weighted by Gasteiger charge is 2.29. The summed E-state index contributed by atoms with van der Waals surface area (Å²) in [6.07, 6.45) is 1.69. The maximum Gasteiger partial charge on any atom is 0.408 e. The van der Waals surface area contributed by atoms with Crippen molar-refractivity contribution in [2.24, 2.45) is 13.0 Å². The summed E-state index contributed by atoms with van der Waals surface area (Å²) in [5, 5.41) is 6.98. The molecule has 36 heavy (non-hydrogen) atoms. The Morgan fingerprint density at radius 3 is 2.44 bits per heavy atom. The zero-order valence-electron chi connectivity index (χ0n) is 21.8. The van der Waals surface area contributed by atoms with Crippen LogP contribution in [-0.4, -0.2) is 38.2 Å². The van der Waals surface area contributed by atoms with E-state index in [1.165, 1.54) is 0 Å². The molecular formula is C28H35N5O3. The number of carbonyl (C=O) groups excluding carboxylic acids is 2. The van der Waals surface area contributed by atoms with E-state index in [4.69, 9.17) is 9.72 Å². The van der Waals surface area contributed by atoms with Crippen LogP contribution in [0.1, 0.15) is 52.0 Å². The average molecular weight is 490 g/mol. The van der Waals surface area contributed by atoms with Gasteiger partial charge in [-0.25, -0.2) is 9.78 Å². The van der Waals surface area contributed by atoms with Crippen LogP contribution in [0, 0.1) is 5.92 Å². The van der Waals surface area contributed by atoms with Gasteiger partial charge in [0.2, 0.25) is 5.91 Å². The van der Waals surface area contributed by atoms with Gasteiger partial charge in [-0.05, 0) is 50.5 Å². The summed E-state index contributed by atoms with van der Waals surface area (Å²) < 4.78 is 7.50. The fourth-order valence-corrected chi connectivity index (χ4v) is 4.39. The molecule has 8 nitrogen and oxygen atoms in total. The second kappa shape index (κ2) is 10.0. The number of ether oxygens (including phenoxy) is 1. The van der Waals surface area contributed by atoms with E-state index in [2.05, 4.69) is 15.6 Å². The number of carbonyl (C=O) groups is 2. The molecule has 0 aliphatic heterocycles. The number of imidazole rings is 1. The van der Waals surface area contributed by atoms with Gasteiger partial charge in [0.1, 0.15) is 17.5 Å². The molecule has 4 aromatic rings. The number of fused-ring (bicyclic) bond motifs is 2. The molecule has 2 aromatic heterocycles. The highest BCUT2D eigenvalue weighted by molar-refractivity contribution is 5.89. The van der Waals surface area contributed by atoms with Gasteiger partial charge in [-0.3, -0.25) is 4.79 Å². The van der Waals surface area contributed by atoms with E-state index in [0.717, 1.165) is 27.5 Å². The Kier molecular flexibility index (Phi) is 7.06. The van der Waals surface area contributed by atoms with Crippen LogP contribution in [0.15, 0.2) is 54.7 Å². The summed E-state index contributed by atoms with van der Waals surface area (Å²) in [6.45, 7) is 9.44. The minimum absolute atomic E-state index is 0.0641. The number of hydrogen-bond acceptors (Lipinski definition) is 4. The number of H-pyrrole nitrogens is 1. The van der Waals surface area contributed by atoms with E-state index in [-0.39, 0.29) is 17.9 Å². The lowest BCUT2D eigenvalue weighted by molar-refractivity contribution is -0.124. The SMILES string of the molecule is CC(C)[C@@H](NC(=O)[C@@H](Cc1cn(C)c2ccccc12)NC(=O)OC(C)(C)C)c1nc2ccccc2[nH]1. The molecule has 2 heterocycles. The number of nitrogens with one attached hydrogen (secondary N) is 3. The molecule has 3 N–H and O–H groups in total. The third-order valence-corrected chi connectivity index (χ3v) is 6.08. The highest BCUT2D eigenvalue weighted by Crippen LogP contribution is 2.24. The summed E-state index contributed by atoms with van der Waals surface area (Å²) in [5.74, 6) is 0.447. The van der Waals surface area contributed by atoms with Crippen molar-refractivity contribution in [2.75, 3.05) is 0 Å². The lowest BCUT2D eigenvalue weighted by Crippen LogP contribution is -2.50. The molecule has 0 saturated heterocycles. The molecular weight excluding hydrogens is 454 g/mol. The van der Waals surface area contributed by atoms with Crippen molar-refractivity contribution in [1.82, 2.24) is 25.2 Å². The normalized spacial score (nSPS) is 13.6. The first-order chi connectivity index (χ1) is 17.0. The predicted octanol–water partition coefficient (Wildman–Crippen LogP) is 5.00. The molecule has 0 fully saturated rings. The van der Waals surface area contributed by atoms with Crippen molar-refractivity contribution < 1.29 is 14.3 Å². The Hall–Kier alpha value is -3.81. The zero-order valence-corrected chi connectivity index (χ0v) is 21.8. The van der Waals surface area contributed by atoms with Crippen molar-refractivity contribution >= 4 is 33.9 Å². The molecule has 2 aromatic carbocycles. The van der Waals surface area contributed by atoms with Gasteiger partial charge in [-0.15, -0.1) is 0 Å². The number of aryl methyl sites for hydroxylation is 1. The molecule has 0 unspecified atom stereocenters. The first-order valence-corrected chi connectivity index (χ1v) is 12.3. The van der Waals surface area contributed by atoms with Crippen LogP contribution in [0.25, 0.3) is 21.9 Å². The van der Waals surface area contributed by atoms with E-state index in [1.807, 2.05) is 80.2 Å². The number of aromatic amines is 1. The smallest absolute Gasteiger partial charge is 0.408 e. The van der Waals surface area contributed by atoms with Gasteiger partial charge in [0, 0.05) is 30.6 Å². The van der Waals surface area contributed by atoms with Crippen LogP contribution in [0.5, 0.6) is 0 Å². The quantitative estimate of drug-likeness (QED) is 0.340. The van der Waals surface area contributed by atoms with Gasteiger partial charge in [-0.1, -0.05) is 44.2 Å². The Bertz CT molecular complexity index is 1350. The maximum absolute atomic E-state index is 13.7. The molecule has 0 spiro atoms. The van der Waals surface area contributed by atoms with E-state index in [1.54, 1.807) is 20.8 Å². The number of alkyl carbamates (subject to hydrolysis) is 1. The standard InChI is InChI=1S/C28H35N5O3/c1-17(2)24(25-29-20-12-8-9-13-21(20)30-25)32-26(34)22(31-27(35)36-28(3,4)5)15-18-16-33(6)23-14-10-7-11-19(18)23/h7-14,16-17,22,24H,15H2,1-6H3,(H,29,30)(H,31,35)(H,32,34)/t22-,24-/m1/s1. The Morgan fingerprint density at radius 1 is 1.06 bits per heavy atom. The number of aromatic nitrogens is 3. The number of para-hydroxylation sites is 3. The lowest BCUT2D eigenvalue weighted by atomic mass is 10.0. The molecule has 0 aliphatic rings. The van der Waals surface area contributed by atoms with Crippen molar-refractivity contribution in [3.05, 3.63) is 66.1 Å². The minimum atomic E-state index is -0.837. The predicted molar refractivity (Wildman–Crippen MR) is 142 cm³/mol. The van der Waals surface area contributed by atoms with E-state index >= 15 is 0 Å². The van der Waals surface area contributed by atoms with Gasteiger partial charge in [0.05, 0.1) is 17.1 Å². The first kappa shape index (κ1) is 25.3. The summed E-state index contributed by atoms with van der Waals surface area (Å²) in [4.78, 5) is 34.4. The van der Waals surface area contributed by atoms with E-state index in [0.29, 0.717) is 12.2 Å². The molecule has 0 radical (unpaired) electrons. The zero-order chi connectivity index (χ0) is 26.0. The van der Waals surface area contributed by atoms with Crippen LogP contribution >= 0.6 is 0 Å². The fraction of sp³-hybridized carbons (Fsp3) is 0.393. The van der Waals surface area contributed by atoms with Crippen LogP contribution in [-0.2, 0) is 23.0 Å². The molecule has 2 amide bonds. The Balaban J connectivity index is 1.62. The highest BCUT2D eigenvalue weighted by atomic mass is 16.6. The first-order valence-electron chi connectivity index (χ1n) is 12.3. The number of benzene rings is 2. The minimum Gasteiger partial charge on any atom is -0.444 e. The van der Waals surface area contributed by atoms with Crippen molar-refractivity contribution in [3.8, 4) is 0 Å². The Labute approximate surface area is 211 Å². The number of rotatable bonds is 7. The van der Waals surface area contributed by atoms with E-state index in [9.17, 15) is 9.59 Å². The van der Waals surface area contributed by atoms with Gasteiger partial charge in [-0.2, -0.15) is 0 Å².